The summed E-state index contributed by atoms with van der Waals surface area (Å²) in [5.41, 5.74) is 1.76. The number of rotatable bonds is 9. The predicted octanol–water partition coefficient (Wildman–Crippen LogP) is 7.19. The molecule has 1 heterocycles. The van der Waals surface area contributed by atoms with E-state index in [1.54, 1.807) is 6.92 Å². The van der Waals surface area contributed by atoms with Gasteiger partial charge in [-0.15, -0.1) is 0 Å². The Morgan fingerprint density at radius 2 is 1.69 bits per heavy atom. The first-order chi connectivity index (χ1) is 19.4. The van der Waals surface area contributed by atoms with E-state index in [1.165, 1.54) is 11.4 Å². The highest BCUT2D eigenvalue weighted by Crippen LogP contribution is 2.70. The summed E-state index contributed by atoms with van der Waals surface area (Å²) in [6.07, 6.45) is 5.88. The molecule has 1 aromatic rings. The zero-order chi connectivity index (χ0) is 32.6. The number of alkyl halides is 2. The molecule has 1 aromatic carbocycles. The van der Waals surface area contributed by atoms with Crippen molar-refractivity contribution in [2.75, 3.05) is 13.6 Å². The summed E-state index contributed by atoms with van der Waals surface area (Å²) in [4.78, 5) is 28.1. The minimum absolute atomic E-state index is 0.00475. The number of carbonyl (C=O) groups excluding carboxylic acids is 2. The zero-order valence-corrected chi connectivity index (χ0v) is 27.9. The van der Waals surface area contributed by atoms with E-state index in [2.05, 4.69) is 68.3 Å². The summed E-state index contributed by atoms with van der Waals surface area (Å²) in [6, 6.07) is 5.92. The van der Waals surface area contributed by atoms with E-state index < -0.39 is 5.92 Å². The van der Waals surface area contributed by atoms with Gasteiger partial charge in [0.2, 0.25) is 5.92 Å². The van der Waals surface area contributed by atoms with Gasteiger partial charge in [0, 0.05) is 30.5 Å². The van der Waals surface area contributed by atoms with Gasteiger partial charge in [-0.3, -0.25) is 9.89 Å². The number of hydrogen-bond donors (Lipinski definition) is 2. The molecule has 3 saturated carbocycles. The normalized spacial score (nSPS) is 25.3. The molecule has 2 bridgehead atoms. The Hall–Kier alpha value is -2.10. The van der Waals surface area contributed by atoms with Gasteiger partial charge in [-0.05, 0) is 70.2 Å². The van der Waals surface area contributed by atoms with Gasteiger partial charge in [0.25, 0.3) is 0 Å². The maximum absolute atomic E-state index is 11.7. The molecule has 4 aliphatic rings. The van der Waals surface area contributed by atoms with Crippen LogP contribution in [0, 0.1) is 10.8 Å². The van der Waals surface area contributed by atoms with Crippen LogP contribution in [0.25, 0.3) is 0 Å². The van der Waals surface area contributed by atoms with Crippen LogP contribution in [0.5, 0.6) is 0 Å². The minimum atomic E-state index is -2.45. The van der Waals surface area contributed by atoms with Crippen LogP contribution in [0.3, 0.4) is 0 Å². The molecule has 0 amide bonds. The Bertz CT molecular complexity index is 1060. The third kappa shape index (κ3) is 9.98. The Kier molecular flexibility index (Phi) is 13.6. The molecule has 1 atom stereocenters. The molecule has 2 N–H and O–H groups in total. The average Bonchev–Trinajstić information content (AvgIpc) is 3.13. The maximum atomic E-state index is 11.7. The number of carbonyl (C=O) groups is 2. The lowest BCUT2D eigenvalue weighted by Gasteiger charge is -2.73. The van der Waals surface area contributed by atoms with E-state index in [-0.39, 0.29) is 34.5 Å². The summed E-state index contributed by atoms with van der Waals surface area (Å²) in [7, 11) is 2.22. The highest BCUT2D eigenvalue weighted by molar-refractivity contribution is 6.42. The molecule has 3 fully saturated rings. The Labute approximate surface area is 260 Å². The van der Waals surface area contributed by atoms with E-state index in [1.807, 2.05) is 32.0 Å². The quantitative estimate of drug-likeness (QED) is 0.222. The molecule has 3 aliphatic carbocycles. The Morgan fingerprint density at radius 3 is 2.14 bits per heavy atom. The lowest BCUT2D eigenvalue weighted by atomic mass is 9.38. The molecule has 42 heavy (non-hydrogen) atoms. The maximum Gasteiger partial charge on any atom is 0.245 e. The van der Waals surface area contributed by atoms with Crippen LogP contribution in [0.15, 0.2) is 28.2 Å². The number of benzene rings is 1. The van der Waals surface area contributed by atoms with Gasteiger partial charge in [0.05, 0.1) is 21.9 Å². The number of nitrogens with zero attached hydrogens (tertiary/aromatic N) is 3. The van der Waals surface area contributed by atoms with Gasteiger partial charge in [-0.25, -0.2) is 13.8 Å². The zero-order valence-electron chi connectivity index (χ0n) is 26.4. The standard InChI is InChI=1S/C24H35Cl2N5.C5H10F2.2CH2O/c1-21(2,3)14-27-15-28-19-22(4,5)30-20(29-19)23-11-24(12-23,13-23)31(6)10-16-7-8-17(25)18(26)9-16;1-3-4-5(2,6)7;2*1-2/h7-9,15,19H,10-14H2,1-6H3,(H,27,28)(H,29,30);3-4H2,1-2H3;2*1H2/t19-,23?,24?;;;/m1.../s1. The Balaban J connectivity index is 0.000000696. The molecule has 11 heteroatoms. The molecule has 0 unspecified atom stereocenters. The van der Waals surface area contributed by atoms with Crippen LogP contribution in [0.4, 0.5) is 8.78 Å². The van der Waals surface area contributed by atoms with Crippen LogP contribution in [-0.2, 0) is 16.1 Å². The number of halogens is 4. The number of hydrogen-bond acceptors (Lipinski definition) is 6. The van der Waals surface area contributed by atoms with Crippen molar-refractivity contribution in [3.05, 3.63) is 33.8 Å². The smallest absolute Gasteiger partial charge is 0.245 e. The molecule has 0 aromatic heterocycles. The van der Waals surface area contributed by atoms with Gasteiger partial charge >= 0.3 is 0 Å². The van der Waals surface area contributed by atoms with E-state index in [0.29, 0.717) is 16.5 Å². The minimum Gasteiger partial charge on any atom is -0.364 e. The molecular weight excluding hydrogens is 583 g/mol. The van der Waals surface area contributed by atoms with Crippen LogP contribution in [0.1, 0.15) is 86.1 Å². The molecule has 0 saturated heterocycles. The topological polar surface area (TPSA) is 86.2 Å². The Morgan fingerprint density at radius 1 is 1.12 bits per heavy atom. The number of aliphatic imine (C=N–C) groups is 2. The third-order valence-electron chi connectivity index (χ3n) is 7.68. The molecule has 0 spiro atoms. The second kappa shape index (κ2) is 15.1. The van der Waals surface area contributed by atoms with Gasteiger partial charge < -0.3 is 20.2 Å². The highest BCUT2D eigenvalue weighted by Gasteiger charge is 2.72. The van der Waals surface area contributed by atoms with Gasteiger partial charge in [-0.2, -0.15) is 0 Å². The molecule has 7 nitrogen and oxygen atoms in total. The predicted molar refractivity (Wildman–Crippen MR) is 171 cm³/mol. The van der Waals surface area contributed by atoms with Crippen molar-refractivity contribution in [2.24, 2.45) is 20.8 Å². The van der Waals surface area contributed by atoms with Crippen molar-refractivity contribution in [2.45, 2.75) is 110 Å². The van der Waals surface area contributed by atoms with Crippen molar-refractivity contribution >= 4 is 49.0 Å². The van der Waals surface area contributed by atoms with Gasteiger partial charge in [-0.1, -0.05) is 63.4 Å². The first-order valence-electron chi connectivity index (χ1n) is 14.1. The van der Waals surface area contributed by atoms with Crippen LogP contribution in [-0.4, -0.2) is 67.4 Å². The lowest BCUT2D eigenvalue weighted by molar-refractivity contribution is -0.175. The summed E-state index contributed by atoms with van der Waals surface area (Å²) in [5, 5.41) is 8.36. The monoisotopic (exact) mass is 631 g/mol. The molecule has 1 aliphatic heterocycles. The first kappa shape index (κ1) is 37.9. The van der Waals surface area contributed by atoms with Crippen molar-refractivity contribution in [3.8, 4) is 0 Å². The van der Waals surface area contributed by atoms with Crippen molar-refractivity contribution in [1.82, 2.24) is 15.5 Å². The molecule has 238 valence electrons. The lowest BCUT2D eigenvalue weighted by Crippen LogP contribution is -2.77. The van der Waals surface area contributed by atoms with Crippen molar-refractivity contribution in [3.63, 3.8) is 0 Å². The summed E-state index contributed by atoms with van der Waals surface area (Å²) < 4.78 is 23.4. The van der Waals surface area contributed by atoms with E-state index >= 15 is 0 Å². The number of amidine groups is 1. The molecular formula is C31H49Cl2F2N5O2. The van der Waals surface area contributed by atoms with Crippen molar-refractivity contribution < 1.29 is 18.4 Å². The molecule has 0 radical (unpaired) electrons. The van der Waals surface area contributed by atoms with Crippen LogP contribution >= 0.6 is 23.2 Å². The second-order valence-corrected chi connectivity index (χ2v) is 14.2. The van der Waals surface area contributed by atoms with Gasteiger partial charge in [0.15, 0.2) is 0 Å². The molecule has 5 rings (SSSR count). The van der Waals surface area contributed by atoms with E-state index in [0.717, 1.165) is 39.3 Å². The summed E-state index contributed by atoms with van der Waals surface area (Å²) in [6.45, 7) is 19.4. The number of nitrogens with one attached hydrogen (secondary N) is 2. The first-order valence-corrected chi connectivity index (χ1v) is 14.9. The average molecular weight is 633 g/mol. The largest absolute Gasteiger partial charge is 0.364 e. The van der Waals surface area contributed by atoms with Crippen molar-refractivity contribution in [1.29, 1.82) is 0 Å². The third-order valence-corrected chi connectivity index (χ3v) is 8.42. The SMILES string of the molecule is C=O.C=O.CCCC(C)(F)F.CN(Cc1ccc(Cl)c(Cl)c1)C12CC(C3=N[C@@H](NC=NCC(C)(C)C)C(C)(C)N3)(C1)C2. The van der Waals surface area contributed by atoms with Crippen LogP contribution < -0.4 is 10.6 Å². The summed E-state index contributed by atoms with van der Waals surface area (Å²) >= 11 is 12.3. The fraction of sp³-hybridized carbons (Fsp3) is 0.677. The summed E-state index contributed by atoms with van der Waals surface area (Å²) in [5.74, 6) is -1.28. The second-order valence-electron chi connectivity index (χ2n) is 13.4. The van der Waals surface area contributed by atoms with E-state index in [4.69, 9.17) is 37.8 Å². The van der Waals surface area contributed by atoms with Crippen LogP contribution in [0.2, 0.25) is 10.0 Å². The highest BCUT2D eigenvalue weighted by atomic mass is 35.5. The fourth-order valence-corrected chi connectivity index (χ4v) is 5.88. The fourth-order valence-electron chi connectivity index (χ4n) is 5.56. The van der Waals surface area contributed by atoms with Gasteiger partial charge in [0.1, 0.15) is 25.6 Å². The van der Waals surface area contributed by atoms with E-state index in [9.17, 15) is 8.78 Å².